The fourth-order valence-electron chi connectivity index (χ4n) is 4.76. The number of rotatable bonds is 8. The number of nitrogens with zero attached hydrogens (tertiary/aromatic N) is 2. The van der Waals surface area contributed by atoms with Crippen molar-refractivity contribution in [3.8, 4) is 11.1 Å². The van der Waals surface area contributed by atoms with E-state index in [4.69, 9.17) is 4.74 Å². The van der Waals surface area contributed by atoms with Crippen molar-refractivity contribution in [3.05, 3.63) is 115 Å². The highest BCUT2D eigenvalue weighted by molar-refractivity contribution is 7.91. The summed E-state index contributed by atoms with van der Waals surface area (Å²) >= 11 is 0. The first-order valence-electron chi connectivity index (χ1n) is 13.3. The highest BCUT2D eigenvalue weighted by Gasteiger charge is 2.41. The fraction of sp³-hybridized carbons (Fsp3) is 0.161. The molecular formula is C31H29N3O7S2. The van der Waals surface area contributed by atoms with Gasteiger partial charge in [0.2, 0.25) is 10.0 Å². The highest BCUT2D eigenvalue weighted by Crippen LogP contribution is 2.30. The number of carbonyl (C=O) groups excluding carboxylic acids is 2. The quantitative estimate of drug-likeness (QED) is 0.315. The zero-order valence-electron chi connectivity index (χ0n) is 23.2. The van der Waals surface area contributed by atoms with Gasteiger partial charge in [0.25, 0.3) is 5.91 Å². The Hall–Kier alpha value is -4.52. The van der Waals surface area contributed by atoms with Gasteiger partial charge in [0.15, 0.2) is 16.0 Å². The second-order valence-electron chi connectivity index (χ2n) is 9.88. The van der Waals surface area contributed by atoms with Crippen LogP contribution in [0.4, 0.5) is 10.5 Å². The van der Waals surface area contributed by atoms with E-state index < -0.39 is 38.0 Å². The van der Waals surface area contributed by atoms with Gasteiger partial charge in [0.05, 0.1) is 9.79 Å². The Morgan fingerprint density at radius 3 is 2.07 bits per heavy atom. The van der Waals surface area contributed by atoms with Gasteiger partial charge in [-0.1, -0.05) is 78.9 Å². The minimum atomic E-state index is -4.20. The average Bonchev–Trinajstić information content (AvgIpc) is 3.01. The van der Waals surface area contributed by atoms with Crippen LogP contribution in [0, 0.1) is 0 Å². The number of hydrogen-bond donors (Lipinski definition) is 1. The fourth-order valence-corrected chi connectivity index (χ4v) is 6.85. The number of amides is 2. The van der Waals surface area contributed by atoms with Crippen molar-refractivity contribution >= 4 is 37.5 Å². The lowest BCUT2D eigenvalue weighted by atomic mass is 10.0. The lowest BCUT2D eigenvalue weighted by Crippen LogP contribution is -2.65. The summed E-state index contributed by atoms with van der Waals surface area (Å²) in [6.07, 6.45) is -1.28. The number of benzene rings is 4. The van der Waals surface area contributed by atoms with Gasteiger partial charge in [-0.3, -0.25) is 9.69 Å². The van der Waals surface area contributed by atoms with Crippen LogP contribution < -0.4 is 9.62 Å². The minimum Gasteiger partial charge on any atom is -0.444 e. The van der Waals surface area contributed by atoms with E-state index >= 15 is 0 Å². The Morgan fingerprint density at radius 1 is 0.814 bits per heavy atom. The predicted molar refractivity (Wildman–Crippen MR) is 161 cm³/mol. The standard InChI is InChI=1S/C31H29N3O7S2/c1-42(37,38)28-15-9-8-14-27(28)24-16-18-25(19-17-24)33-20-21-34(31(36)41-22-23-10-4-2-5-11-23)29(30(33)35)32-43(39,40)26-12-6-3-7-13-26/h2-19,29,32H,20-22H2,1H3. The maximum Gasteiger partial charge on any atom is 0.411 e. The van der Waals surface area contributed by atoms with E-state index in [-0.39, 0.29) is 29.5 Å². The lowest BCUT2D eigenvalue weighted by molar-refractivity contribution is -0.125. The van der Waals surface area contributed by atoms with Crippen LogP contribution >= 0.6 is 0 Å². The van der Waals surface area contributed by atoms with Crippen LogP contribution in [0.5, 0.6) is 0 Å². The van der Waals surface area contributed by atoms with Crippen LogP contribution in [0.3, 0.4) is 0 Å². The molecule has 1 heterocycles. The smallest absolute Gasteiger partial charge is 0.411 e. The van der Waals surface area contributed by atoms with Gasteiger partial charge in [0.1, 0.15) is 6.61 Å². The predicted octanol–water partition coefficient (Wildman–Crippen LogP) is 4.05. The molecule has 0 bridgehead atoms. The van der Waals surface area contributed by atoms with Crippen molar-refractivity contribution in [1.82, 2.24) is 9.62 Å². The number of ether oxygens (including phenoxy) is 1. The lowest BCUT2D eigenvalue weighted by Gasteiger charge is -2.39. The van der Waals surface area contributed by atoms with Gasteiger partial charge in [-0.05, 0) is 41.5 Å². The van der Waals surface area contributed by atoms with Crippen LogP contribution in [0.2, 0.25) is 0 Å². The molecule has 0 aromatic heterocycles. The molecule has 4 aromatic rings. The van der Waals surface area contributed by atoms with E-state index in [1.54, 1.807) is 84.9 Å². The van der Waals surface area contributed by atoms with Crippen molar-refractivity contribution < 1.29 is 31.2 Å². The van der Waals surface area contributed by atoms with E-state index in [9.17, 15) is 26.4 Å². The number of carbonyl (C=O) groups is 2. The van der Waals surface area contributed by atoms with Gasteiger partial charge < -0.3 is 9.64 Å². The zero-order chi connectivity index (χ0) is 30.6. The van der Waals surface area contributed by atoms with Crippen molar-refractivity contribution in [2.45, 2.75) is 22.6 Å². The van der Waals surface area contributed by atoms with Gasteiger partial charge in [-0.25, -0.2) is 21.6 Å². The second-order valence-corrected chi connectivity index (χ2v) is 13.6. The molecule has 1 aliphatic rings. The molecule has 1 N–H and O–H groups in total. The van der Waals surface area contributed by atoms with Crippen LogP contribution in [-0.2, 0) is 36.0 Å². The number of nitrogens with one attached hydrogen (secondary N) is 1. The maximum atomic E-state index is 13.8. The molecule has 1 saturated heterocycles. The Morgan fingerprint density at radius 2 is 1.42 bits per heavy atom. The van der Waals surface area contributed by atoms with E-state index in [2.05, 4.69) is 4.72 Å². The molecule has 1 fully saturated rings. The zero-order valence-corrected chi connectivity index (χ0v) is 24.8. The largest absolute Gasteiger partial charge is 0.444 e. The number of sulfonamides is 1. The summed E-state index contributed by atoms with van der Waals surface area (Å²) in [4.78, 5) is 29.6. The first kappa shape index (κ1) is 30.0. The summed E-state index contributed by atoms with van der Waals surface area (Å²) < 4.78 is 58.9. The Bertz CT molecular complexity index is 1830. The van der Waals surface area contributed by atoms with Gasteiger partial charge >= 0.3 is 6.09 Å². The molecule has 43 heavy (non-hydrogen) atoms. The van der Waals surface area contributed by atoms with Crippen molar-refractivity contribution in [2.24, 2.45) is 0 Å². The molecule has 2 amide bonds. The summed E-state index contributed by atoms with van der Waals surface area (Å²) in [6, 6.07) is 29.8. The first-order valence-corrected chi connectivity index (χ1v) is 16.7. The SMILES string of the molecule is CS(=O)(=O)c1ccccc1-c1ccc(N2CCN(C(=O)OCc3ccccc3)C(NS(=O)(=O)c3ccccc3)C2=O)cc1. The molecule has 5 rings (SSSR count). The molecule has 12 heteroatoms. The molecule has 0 radical (unpaired) electrons. The number of hydrogen-bond acceptors (Lipinski definition) is 7. The molecule has 0 aliphatic carbocycles. The molecule has 4 aromatic carbocycles. The Kier molecular flexibility index (Phi) is 8.62. The van der Waals surface area contributed by atoms with Crippen LogP contribution in [0.1, 0.15) is 5.56 Å². The normalized spacial score (nSPS) is 15.7. The summed E-state index contributed by atoms with van der Waals surface area (Å²) in [5.41, 5.74) is 2.33. The summed E-state index contributed by atoms with van der Waals surface area (Å²) in [7, 11) is -7.68. The Labute approximate surface area is 250 Å². The van der Waals surface area contributed by atoms with Gasteiger partial charge in [-0.15, -0.1) is 0 Å². The molecule has 0 spiro atoms. The Balaban J connectivity index is 1.42. The molecular weight excluding hydrogens is 590 g/mol. The summed E-state index contributed by atoms with van der Waals surface area (Å²) in [5.74, 6) is -0.674. The third kappa shape index (κ3) is 6.77. The molecule has 1 aliphatic heterocycles. The van der Waals surface area contributed by atoms with Crippen LogP contribution in [-0.4, -0.2) is 59.2 Å². The van der Waals surface area contributed by atoms with Crippen molar-refractivity contribution in [2.75, 3.05) is 24.2 Å². The van der Waals surface area contributed by atoms with Crippen molar-refractivity contribution in [1.29, 1.82) is 0 Å². The number of anilines is 1. The average molecular weight is 620 g/mol. The molecule has 1 atom stereocenters. The van der Waals surface area contributed by atoms with E-state index in [1.807, 2.05) is 6.07 Å². The van der Waals surface area contributed by atoms with Gasteiger partial charge in [0, 0.05) is 30.6 Å². The topological polar surface area (TPSA) is 130 Å². The molecule has 222 valence electrons. The minimum absolute atomic E-state index is 0.0139. The molecule has 1 unspecified atom stereocenters. The van der Waals surface area contributed by atoms with E-state index in [0.29, 0.717) is 16.8 Å². The third-order valence-electron chi connectivity index (χ3n) is 6.91. The molecule has 0 saturated carbocycles. The van der Waals surface area contributed by atoms with E-state index in [0.717, 1.165) is 16.7 Å². The van der Waals surface area contributed by atoms with Crippen LogP contribution in [0.15, 0.2) is 119 Å². The third-order valence-corrected chi connectivity index (χ3v) is 9.49. The van der Waals surface area contributed by atoms with Gasteiger partial charge in [-0.2, -0.15) is 4.72 Å². The van der Waals surface area contributed by atoms with Crippen LogP contribution in [0.25, 0.3) is 11.1 Å². The molecule has 10 nitrogen and oxygen atoms in total. The monoisotopic (exact) mass is 619 g/mol. The summed E-state index contributed by atoms with van der Waals surface area (Å²) in [6.45, 7) is 0.00472. The highest BCUT2D eigenvalue weighted by atomic mass is 32.2. The van der Waals surface area contributed by atoms with E-state index in [1.165, 1.54) is 23.1 Å². The maximum absolute atomic E-state index is 13.8. The van der Waals surface area contributed by atoms with Crippen molar-refractivity contribution in [3.63, 3.8) is 0 Å². The first-order chi connectivity index (χ1) is 20.5. The summed E-state index contributed by atoms with van der Waals surface area (Å²) in [5, 5.41) is 0. The number of piperazine rings is 1. The number of sulfone groups is 1. The second kappa shape index (κ2) is 12.4.